The van der Waals surface area contributed by atoms with Crippen LogP contribution in [0.3, 0.4) is 0 Å². The highest BCUT2D eigenvalue weighted by molar-refractivity contribution is 4.68. The zero-order valence-electron chi connectivity index (χ0n) is 46.2. The van der Waals surface area contributed by atoms with E-state index >= 15 is 0 Å². The average molecular weight is 898 g/mol. The number of methoxy groups -OCH3 is 1. The van der Waals surface area contributed by atoms with Gasteiger partial charge in [0, 0.05) is 59.8 Å². The van der Waals surface area contributed by atoms with E-state index in [1.807, 2.05) is 6.92 Å². The summed E-state index contributed by atoms with van der Waals surface area (Å²) in [6, 6.07) is 0. The summed E-state index contributed by atoms with van der Waals surface area (Å²) in [6.07, 6.45) is 7.32. The lowest BCUT2D eigenvalue weighted by Crippen LogP contribution is -2.36. The normalized spacial score (nSPS) is 14.0. The second kappa shape index (κ2) is 51.6. The molecule has 0 N–H and O–H groups in total. The Morgan fingerprint density at radius 2 is 0.677 bits per heavy atom. The second-order valence-electron chi connectivity index (χ2n) is 18.5. The first-order valence-corrected chi connectivity index (χ1v) is 25.4. The monoisotopic (exact) mass is 897 g/mol. The lowest BCUT2D eigenvalue weighted by Gasteiger charge is -2.28. The number of ether oxygens (including phenoxy) is 8. The molecule has 62 heavy (non-hydrogen) atoms. The Kier molecular flexibility index (Phi) is 58.7. The van der Waals surface area contributed by atoms with Crippen molar-refractivity contribution in [3.05, 3.63) is 0 Å². The third-order valence-electron chi connectivity index (χ3n) is 9.69. The molecule has 10 heteroatoms. The van der Waals surface area contributed by atoms with Gasteiger partial charge in [-0.2, -0.15) is 0 Å². The van der Waals surface area contributed by atoms with Gasteiger partial charge in [-0.05, 0) is 110 Å². The van der Waals surface area contributed by atoms with E-state index in [4.69, 9.17) is 37.9 Å². The van der Waals surface area contributed by atoms with Crippen LogP contribution in [0.1, 0.15) is 171 Å². The van der Waals surface area contributed by atoms with Crippen LogP contribution < -0.4 is 0 Å². The van der Waals surface area contributed by atoms with Gasteiger partial charge in [0.05, 0.1) is 56.4 Å². The number of hydrogen-bond acceptors (Lipinski definition) is 10. The largest absolute Gasteiger partial charge is 0.382 e. The third kappa shape index (κ3) is 50.6. The van der Waals surface area contributed by atoms with Crippen LogP contribution in [-0.2, 0) is 37.9 Å². The fraction of sp³-hybridized carbons (Fsp3) is 1.00. The van der Waals surface area contributed by atoms with E-state index < -0.39 is 0 Å². The first-order valence-electron chi connectivity index (χ1n) is 25.4. The maximum atomic E-state index is 5.85. The van der Waals surface area contributed by atoms with Gasteiger partial charge in [0.2, 0.25) is 0 Å². The van der Waals surface area contributed by atoms with Crippen LogP contribution in [0.25, 0.3) is 0 Å². The molecular formula is C52H116N2O8. The molecule has 382 valence electrons. The highest BCUT2D eigenvalue weighted by Gasteiger charge is 2.17. The molecule has 0 saturated heterocycles. The number of likely N-dealkylation sites (N-methyl/N-ethyl adjacent to an activating group) is 2. The molecule has 0 aliphatic rings. The fourth-order valence-corrected chi connectivity index (χ4v) is 5.34. The molecule has 0 amide bonds. The van der Waals surface area contributed by atoms with Gasteiger partial charge in [-0.1, -0.05) is 118 Å². The summed E-state index contributed by atoms with van der Waals surface area (Å²) < 4.78 is 44.3. The van der Waals surface area contributed by atoms with Crippen molar-refractivity contribution in [1.82, 2.24) is 9.80 Å². The molecule has 0 heterocycles. The van der Waals surface area contributed by atoms with E-state index in [-0.39, 0.29) is 18.3 Å². The van der Waals surface area contributed by atoms with Crippen molar-refractivity contribution in [2.45, 2.75) is 207 Å². The molecule has 0 aromatic heterocycles. The second-order valence-corrected chi connectivity index (χ2v) is 18.5. The van der Waals surface area contributed by atoms with Gasteiger partial charge in [0.1, 0.15) is 0 Å². The van der Waals surface area contributed by atoms with Gasteiger partial charge < -0.3 is 47.7 Å². The highest BCUT2D eigenvalue weighted by atomic mass is 16.5. The molecule has 0 aromatic rings. The molecule has 0 aromatic carbocycles. The minimum Gasteiger partial charge on any atom is -0.382 e. The quantitative estimate of drug-likeness (QED) is 0.0623. The summed E-state index contributed by atoms with van der Waals surface area (Å²) in [4.78, 5) is 4.61. The average Bonchev–Trinajstić information content (AvgIpc) is 3.21. The number of rotatable bonds is 34. The van der Waals surface area contributed by atoms with E-state index in [1.54, 1.807) is 7.11 Å². The standard InChI is InChI=1S/C12H27NO.C11H24O2.C10H23NO.C10H22O2.C9H20O2/c1-6-9-14-12(11(4)5)10-13(7-2)8-3;1-6-7-12-11(9(2)3)8-13-10(4)5;1-6-7-12-10(9(2)3)8-11(4)5;1-5-7-12-10(9(3)4)8-11-6-2;1-5-6-11-9(7-10-4)8(2)3/h11-12H,6-10H2,1-5H3;9-11H,6-8H2,1-5H3;9-10H,6-8H2,1-5H3;9-10H,5-8H2,1-4H3;8-9H,5-7H2,1-4H3. The van der Waals surface area contributed by atoms with Crippen molar-refractivity contribution >= 4 is 0 Å². The van der Waals surface area contributed by atoms with Gasteiger partial charge in [0.15, 0.2) is 0 Å². The Labute approximate surface area is 390 Å². The molecule has 0 aliphatic carbocycles. The molecule has 0 spiro atoms. The maximum Gasteiger partial charge on any atom is 0.0831 e. The van der Waals surface area contributed by atoms with Gasteiger partial charge in [-0.3, -0.25) is 0 Å². The molecule has 0 saturated carbocycles. The SMILES string of the molecule is CCCOC(CN(C)C)C(C)C.CCCOC(CN(CC)CC)C(C)C.CCCOC(COC(C)C)C(C)C.CCCOC(COC)C(C)C.CCCOC(COCC)C(C)C. The smallest absolute Gasteiger partial charge is 0.0831 e. The van der Waals surface area contributed by atoms with E-state index in [9.17, 15) is 0 Å². The van der Waals surface area contributed by atoms with Crippen LogP contribution in [0, 0.1) is 29.6 Å². The van der Waals surface area contributed by atoms with Gasteiger partial charge >= 0.3 is 0 Å². The Bertz CT molecular complexity index is 804. The van der Waals surface area contributed by atoms with Crippen molar-refractivity contribution in [2.24, 2.45) is 29.6 Å². The van der Waals surface area contributed by atoms with Crippen LogP contribution in [0.2, 0.25) is 0 Å². The molecule has 0 radical (unpaired) electrons. The molecule has 0 bridgehead atoms. The summed E-state index contributed by atoms with van der Waals surface area (Å²) in [5.74, 6) is 2.84. The van der Waals surface area contributed by atoms with Crippen molar-refractivity contribution in [2.75, 3.05) is 107 Å². The summed E-state index contributed by atoms with van der Waals surface area (Å²) in [5.41, 5.74) is 0. The molecule has 5 atom stereocenters. The Balaban J connectivity index is -0.000000219. The van der Waals surface area contributed by atoms with Crippen molar-refractivity contribution < 1.29 is 37.9 Å². The highest BCUT2D eigenvalue weighted by Crippen LogP contribution is 2.12. The van der Waals surface area contributed by atoms with Crippen LogP contribution in [0.5, 0.6) is 0 Å². The zero-order valence-corrected chi connectivity index (χ0v) is 46.2. The predicted molar refractivity (Wildman–Crippen MR) is 270 cm³/mol. The number of nitrogens with zero attached hydrogens (tertiary/aromatic N) is 2. The van der Waals surface area contributed by atoms with Gasteiger partial charge in [0.25, 0.3) is 0 Å². The van der Waals surface area contributed by atoms with E-state index in [1.165, 1.54) is 0 Å². The van der Waals surface area contributed by atoms with Crippen LogP contribution in [0.4, 0.5) is 0 Å². The summed E-state index contributed by atoms with van der Waals surface area (Å²) >= 11 is 0. The molecule has 0 aliphatic heterocycles. The Hall–Kier alpha value is -0.400. The molecule has 0 rings (SSSR count). The Morgan fingerprint density at radius 3 is 0.935 bits per heavy atom. The van der Waals surface area contributed by atoms with Crippen molar-refractivity contribution in [1.29, 1.82) is 0 Å². The van der Waals surface area contributed by atoms with Crippen LogP contribution in [-0.4, -0.2) is 153 Å². The third-order valence-corrected chi connectivity index (χ3v) is 9.69. The summed E-state index contributed by atoms with van der Waals surface area (Å²) in [5, 5.41) is 0. The molecule has 5 unspecified atom stereocenters. The van der Waals surface area contributed by atoms with Gasteiger partial charge in [-0.15, -0.1) is 0 Å². The van der Waals surface area contributed by atoms with Crippen LogP contribution in [0.15, 0.2) is 0 Å². The van der Waals surface area contributed by atoms with Crippen LogP contribution >= 0.6 is 0 Å². The van der Waals surface area contributed by atoms with Gasteiger partial charge in [-0.25, -0.2) is 0 Å². The predicted octanol–water partition coefficient (Wildman–Crippen LogP) is 12.2. The summed E-state index contributed by atoms with van der Waals surface area (Å²) in [7, 11) is 5.89. The maximum absolute atomic E-state index is 5.85. The minimum absolute atomic E-state index is 0.252. The first kappa shape index (κ1) is 70.6. The van der Waals surface area contributed by atoms with E-state index in [0.717, 1.165) is 111 Å². The van der Waals surface area contributed by atoms with Crippen molar-refractivity contribution in [3.63, 3.8) is 0 Å². The molecular weight excluding hydrogens is 781 g/mol. The first-order chi connectivity index (χ1) is 29.2. The molecule has 0 fully saturated rings. The number of hydrogen-bond donors (Lipinski definition) is 0. The topological polar surface area (TPSA) is 80.3 Å². The molecule has 10 nitrogen and oxygen atoms in total. The summed E-state index contributed by atoms with van der Waals surface area (Å²) in [6.45, 7) is 54.7. The minimum atomic E-state index is 0.252. The van der Waals surface area contributed by atoms with E-state index in [2.05, 4.69) is 155 Å². The Morgan fingerprint density at radius 1 is 0.371 bits per heavy atom. The van der Waals surface area contributed by atoms with Crippen molar-refractivity contribution in [3.8, 4) is 0 Å². The zero-order chi connectivity index (χ0) is 48.9. The fourth-order valence-electron chi connectivity index (χ4n) is 5.34. The lowest BCUT2D eigenvalue weighted by molar-refractivity contribution is -0.0545. The van der Waals surface area contributed by atoms with E-state index in [0.29, 0.717) is 54.5 Å². The lowest BCUT2D eigenvalue weighted by atomic mass is 10.1.